The Hall–Kier alpha value is -2.47. The summed E-state index contributed by atoms with van der Waals surface area (Å²) in [5.74, 6) is -0.335. The molecule has 2 aliphatic heterocycles. The number of anilines is 1. The molecule has 1 aromatic heterocycles. The van der Waals surface area contributed by atoms with Crippen LogP contribution in [0.1, 0.15) is 53.9 Å². The van der Waals surface area contributed by atoms with Gasteiger partial charge in [-0.3, -0.25) is 9.69 Å². The van der Waals surface area contributed by atoms with Crippen molar-refractivity contribution in [2.45, 2.75) is 57.0 Å². The third-order valence-electron chi connectivity index (χ3n) is 6.56. The third kappa shape index (κ3) is 5.29. The number of thiophene rings is 1. The van der Waals surface area contributed by atoms with Crippen molar-refractivity contribution in [1.82, 2.24) is 9.21 Å². The topological polar surface area (TPSA) is 105 Å². The number of sulfonamides is 1. The number of carbonyl (C=O) groups is 2. The van der Waals surface area contributed by atoms with Gasteiger partial charge in [0.05, 0.1) is 24.2 Å². The first-order chi connectivity index (χ1) is 17.3. The lowest BCUT2D eigenvalue weighted by Gasteiger charge is -2.26. The number of esters is 1. The molecule has 1 N–H and O–H groups in total. The number of hydrogen-bond acceptors (Lipinski definition) is 8. The lowest BCUT2D eigenvalue weighted by molar-refractivity contribution is -0.119. The van der Waals surface area contributed by atoms with Crippen LogP contribution in [0.3, 0.4) is 0 Å². The van der Waals surface area contributed by atoms with Crippen LogP contribution in [0.15, 0.2) is 29.2 Å². The van der Waals surface area contributed by atoms with E-state index in [2.05, 4.69) is 17.1 Å². The number of methoxy groups -OCH3 is 1. The van der Waals surface area contributed by atoms with Gasteiger partial charge in [-0.25, -0.2) is 13.2 Å². The maximum absolute atomic E-state index is 13.4. The number of fused-ring (bicyclic) bond motifs is 1. The average Bonchev–Trinajstić information content (AvgIpc) is 3.49. The molecular formula is C25H33N3O6S2. The predicted molar refractivity (Wildman–Crippen MR) is 138 cm³/mol. The van der Waals surface area contributed by atoms with Gasteiger partial charge in [-0.05, 0) is 69.0 Å². The Labute approximate surface area is 216 Å². The molecule has 2 aliphatic rings. The molecule has 1 fully saturated rings. The Morgan fingerprint density at radius 2 is 1.92 bits per heavy atom. The van der Waals surface area contributed by atoms with Gasteiger partial charge in [0.1, 0.15) is 16.8 Å². The minimum atomic E-state index is -3.88. The number of amides is 1. The zero-order chi connectivity index (χ0) is 25.9. The number of nitrogens with zero attached hydrogens (tertiary/aromatic N) is 2. The van der Waals surface area contributed by atoms with E-state index in [0.29, 0.717) is 35.6 Å². The first kappa shape index (κ1) is 26.6. The van der Waals surface area contributed by atoms with Crippen molar-refractivity contribution in [1.29, 1.82) is 0 Å². The zero-order valence-electron chi connectivity index (χ0n) is 20.9. The number of hydrogen-bond donors (Lipinski definition) is 1. The molecule has 1 aromatic carbocycles. The SMILES string of the molecule is CCCN1CCc2c(sc(NC(=O)C3CCCN3S(=O)(=O)c3ccc(OC)cc3)c2C(=O)OCC)C1. The molecule has 0 saturated carbocycles. The zero-order valence-corrected chi connectivity index (χ0v) is 22.5. The number of benzene rings is 1. The van der Waals surface area contributed by atoms with E-state index in [4.69, 9.17) is 9.47 Å². The number of nitrogens with one attached hydrogen (secondary N) is 1. The first-order valence-corrected chi connectivity index (χ1v) is 14.6. The molecule has 0 spiro atoms. The quantitative estimate of drug-likeness (QED) is 0.490. The fourth-order valence-corrected chi connectivity index (χ4v) is 7.78. The van der Waals surface area contributed by atoms with E-state index in [-0.39, 0.29) is 18.0 Å². The lowest BCUT2D eigenvalue weighted by Crippen LogP contribution is -2.43. The van der Waals surface area contributed by atoms with Gasteiger partial charge in [0.15, 0.2) is 0 Å². The van der Waals surface area contributed by atoms with Crippen molar-refractivity contribution in [2.75, 3.05) is 38.7 Å². The van der Waals surface area contributed by atoms with Crippen molar-refractivity contribution in [3.05, 3.63) is 40.3 Å². The molecule has 1 unspecified atom stereocenters. The van der Waals surface area contributed by atoms with Gasteiger partial charge in [0, 0.05) is 24.5 Å². The minimum absolute atomic E-state index is 0.109. The molecule has 9 nitrogen and oxygen atoms in total. The highest BCUT2D eigenvalue weighted by atomic mass is 32.2. The number of ether oxygens (including phenoxy) is 2. The molecular weight excluding hydrogens is 502 g/mol. The van der Waals surface area contributed by atoms with Crippen molar-refractivity contribution in [2.24, 2.45) is 0 Å². The summed E-state index contributed by atoms with van der Waals surface area (Å²) in [5.41, 5.74) is 1.33. The van der Waals surface area contributed by atoms with Gasteiger partial charge in [-0.15, -0.1) is 11.3 Å². The Kier molecular flexibility index (Phi) is 8.34. The van der Waals surface area contributed by atoms with Crippen LogP contribution in [0, 0.1) is 0 Å². The van der Waals surface area contributed by atoms with Crippen molar-refractivity contribution < 1.29 is 27.5 Å². The predicted octanol–water partition coefficient (Wildman–Crippen LogP) is 3.49. The second kappa shape index (κ2) is 11.3. The molecule has 11 heteroatoms. The smallest absolute Gasteiger partial charge is 0.341 e. The maximum atomic E-state index is 13.4. The van der Waals surface area contributed by atoms with Crippen LogP contribution in [-0.2, 0) is 32.5 Å². The normalized spacial score (nSPS) is 18.6. The minimum Gasteiger partial charge on any atom is -0.497 e. The second-order valence-electron chi connectivity index (χ2n) is 8.89. The Morgan fingerprint density at radius 3 is 2.58 bits per heavy atom. The molecule has 4 rings (SSSR count). The molecule has 0 radical (unpaired) electrons. The fraction of sp³-hybridized carbons (Fsp3) is 0.520. The monoisotopic (exact) mass is 535 g/mol. The average molecular weight is 536 g/mol. The summed E-state index contributed by atoms with van der Waals surface area (Å²) in [5, 5.41) is 3.34. The molecule has 0 aliphatic carbocycles. The highest BCUT2D eigenvalue weighted by Gasteiger charge is 2.40. The van der Waals surface area contributed by atoms with E-state index in [1.165, 1.54) is 34.9 Å². The summed E-state index contributed by atoms with van der Waals surface area (Å²) >= 11 is 1.39. The Balaban J connectivity index is 1.59. The highest BCUT2D eigenvalue weighted by molar-refractivity contribution is 7.89. The van der Waals surface area contributed by atoms with Gasteiger partial charge in [0.2, 0.25) is 15.9 Å². The third-order valence-corrected chi connectivity index (χ3v) is 9.62. The fourth-order valence-electron chi connectivity index (χ4n) is 4.84. The second-order valence-corrected chi connectivity index (χ2v) is 11.9. The van der Waals surface area contributed by atoms with E-state index < -0.39 is 27.9 Å². The molecule has 0 bridgehead atoms. The summed E-state index contributed by atoms with van der Waals surface area (Å²) in [4.78, 5) is 29.8. The molecule has 3 heterocycles. The van der Waals surface area contributed by atoms with E-state index >= 15 is 0 Å². The van der Waals surface area contributed by atoms with Gasteiger partial charge in [0.25, 0.3) is 0 Å². The molecule has 2 aromatic rings. The van der Waals surface area contributed by atoms with E-state index in [1.807, 2.05) is 0 Å². The lowest BCUT2D eigenvalue weighted by atomic mass is 10.0. The number of carbonyl (C=O) groups excluding carboxylic acids is 2. The van der Waals surface area contributed by atoms with Gasteiger partial charge in [-0.2, -0.15) is 4.31 Å². The summed E-state index contributed by atoms with van der Waals surface area (Å²) in [7, 11) is -2.37. The van der Waals surface area contributed by atoms with Gasteiger partial charge in [-0.1, -0.05) is 6.92 Å². The molecule has 36 heavy (non-hydrogen) atoms. The standard InChI is InChI=1S/C25H33N3O6S2/c1-4-13-27-15-12-19-21(16-27)35-24(22(19)25(30)34-5-2)26-23(29)20-7-6-14-28(20)36(31,32)18-10-8-17(33-3)9-11-18/h8-11,20H,4-7,12-16H2,1-3H3,(H,26,29). The van der Waals surface area contributed by atoms with Crippen molar-refractivity contribution >= 4 is 38.2 Å². The Morgan fingerprint density at radius 1 is 1.17 bits per heavy atom. The van der Waals surface area contributed by atoms with Crippen LogP contribution >= 0.6 is 11.3 Å². The summed E-state index contributed by atoms with van der Waals surface area (Å²) < 4.78 is 38.4. The largest absolute Gasteiger partial charge is 0.497 e. The van der Waals surface area contributed by atoms with Crippen LogP contribution in [0.25, 0.3) is 0 Å². The van der Waals surface area contributed by atoms with E-state index in [1.54, 1.807) is 19.1 Å². The van der Waals surface area contributed by atoms with Gasteiger partial charge >= 0.3 is 5.97 Å². The number of rotatable bonds is 9. The molecule has 1 saturated heterocycles. The van der Waals surface area contributed by atoms with Crippen LogP contribution in [0.4, 0.5) is 5.00 Å². The van der Waals surface area contributed by atoms with Crippen LogP contribution in [0.5, 0.6) is 5.75 Å². The van der Waals surface area contributed by atoms with Crippen LogP contribution in [0.2, 0.25) is 0 Å². The van der Waals surface area contributed by atoms with Crippen LogP contribution in [-0.4, -0.2) is 68.9 Å². The molecule has 196 valence electrons. The van der Waals surface area contributed by atoms with E-state index in [0.717, 1.165) is 36.5 Å². The molecule has 1 atom stereocenters. The molecule has 1 amide bonds. The van der Waals surface area contributed by atoms with Gasteiger partial charge < -0.3 is 14.8 Å². The van der Waals surface area contributed by atoms with Crippen molar-refractivity contribution in [3.63, 3.8) is 0 Å². The van der Waals surface area contributed by atoms with Crippen molar-refractivity contribution in [3.8, 4) is 5.75 Å². The first-order valence-electron chi connectivity index (χ1n) is 12.3. The van der Waals surface area contributed by atoms with E-state index in [9.17, 15) is 18.0 Å². The summed E-state index contributed by atoms with van der Waals surface area (Å²) in [6.45, 7) is 6.89. The summed E-state index contributed by atoms with van der Waals surface area (Å²) in [6, 6.07) is 5.28. The summed E-state index contributed by atoms with van der Waals surface area (Å²) in [6.07, 6.45) is 2.73. The maximum Gasteiger partial charge on any atom is 0.341 e. The Bertz CT molecular complexity index is 1210. The van der Waals surface area contributed by atoms with Crippen LogP contribution < -0.4 is 10.1 Å². The highest BCUT2D eigenvalue weighted by Crippen LogP contribution is 2.38.